The number of fused-ring (bicyclic) bond motifs is 1. The van der Waals surface area contributed by atoms with Crippen LogP contribution in [-0.2, 0) is 0 Å². The highest BCUT2D eigenvalue weighted by Crippen LogP contribution is 2.33. The molecule has 0 aliphatic carbocycles. The average Bonchev–Trinajstić information content (AvgIpc) is 3.14. The van der Waals surface area contributed by atoms with Gasteiger partial charge in [-0.2, -0.15) is 5.10 Å². The van der Waals surface area contributed by atoms with Gasteiger partial charge in [-0.05, 0) is 54.0 Å². The molecule has 0 fully saturated rings. The number of nitrogens with one attached hydrogen (secondary N) is 1. The summed E-state index contributed by atoms with van der Waals surface area (Å²) in [5.41, 5.74) is 3.32. The maximum Gasteiger partial charge on any atom is 0.307 e. The SMILES string of the molecule is CCOc1cc(Br)c(/C=N/NC(=O)c2cc3cc([N+](=O)[O-])ccc3o2)cc1OCC. The molecule has 156 valence electrons. The van der Waals surface area contributed by atoms with Gasteiger partial charge in [0.1, 0.15) is 5.58 Å². The normalized spacial score (nSPS) is 11.0. The second-order valence-electron chi connectivity index (χ2n) is 5.98. The molecule has 0 unspecified atom stereocenters. The van der Waals surface area contributed by atoms with E-state index in [0.717, 1.165) is 0 Å². The van der Waals surface area contributed by atoms with E-state index in [9.17, 15) is 14.9 Å². The van der Waals surface area contributed by atoms with E-state index < -0.39 is 10.8 Å². The Morgan fingerprint density at radius 2 is 1.90 bits per heavy atom. The summed E-state index contributed by atoms with van der Waals surface area (Å²) in [6, 6.07) is 9.03. The number of halogens is 1. The third-order valence-corrected chi connectivity index (χ3v) is 4.65. The largest absolute Gasteiger partial charge is 0.490 e. The number of nitrogens with zero attached hydrogens (tertiary/aromatic N) is 2. The number of nitro benzene ring substituents is 1. The van der Waals surface area contributed by atoms with Crippen LogP contribution in [0.1, 0.15) is 30.0 Å². The van der Waals surface area contributed by atoms with Crippen LogP contribution in [-0.4, -0.2) is 30.3 Å². The van der Waals surface area contributed by atoms with Crippen LogP contribution in [0.15, 0.2) is 50.4 Å². The van der Waals surface area contributed by atoms with Crippen molar-refractivity contribution in [1.29, 1.82) is 0 Å². The molecule has 30 heavy (non-hydrogen) atoms. The first-order valence-electron chi connectivity index (χ1n) is 9.03. The summed E-state index contributed by atoms with van der Waals surface area (Å²) < 4.78 is 17.3. The van der Waals surface area contributed by atoms with Crippen molar-refractivity contribution in [2.24, 2.45) is 5.10 Å². The molecule has 0 aliphatic rings. The number of carbonyl (C=O) groups is 1. The van der Waals surface area contributed by atoms with Crippen molar-refractivity contribution in [3.63, 3.8) is 0 Å². The van der Waals surface area contributed by atoms with Gasteiger partial charge in [-0.1, -0.05) is 0 Å². The molecule has 9 nitrogen and oxygen atoms in total. The van der Waals surface area contributed by atoms with Crippen molar-refractivity contribution >= 4 is 44.7 Å². The van der Waals surface area contributed by atoms with Crippen LogP contribution < -0.4 is 14.9 Å². The van der Waals surface area contributed by atoms with Crippen molar-refractivity contribution in [2.75, 3.05) is 13.2 Å². The van der Waals surface area contributed by atoms with Crippen molar-refractivity contribution in [2.45, 2.75) is 13.8 Å². The first-order chi connectivity index (χ1) is 14.4. The van der Waals surface area contributed by atoms with Crippen molar-refractivity contribution in [1.82, 2.24) is 5.43 Å². The number of rotatable bonds is 8. The minimum atomic E-state index is -0.586. The molecule has 1 heterocycles. The van der Waals surface area contributed by atoms with Crippen molar-refractivity contribution in [3.05, 3.63) is 62.3 Å². The highest BCUT2D eigenvalue weighted by atomic mass is 79.9. The van der Waals surface area contributed by atoms with Gasteiger partial charge in [0, 0.05) is 27.6 Å². The van der Waals surface area contributed by atoms with Crippen LogP contribution in [0, 0.1) is 10.1 Å². The van der Waals surface area contributed by atoms with Gasteiger partial charge in [-0.25, -0.2) is 5.43 Å². The second kappa shape index (κ2) is 9.40. The minimum Gasteiger partial charge on any atom is -0.490 e. The molecule has 0 aliphatic heterocycles. The van der Waals surface area contributed by atoms with Crippen LogP contribution in [0.5, 0.6) is 11.5 Å². The predicted molar refractivity (Wildman–Crippen MR) is 114 cm³/mol. The predicted octanol–water partition coefficient (Wildman–Crippen LogP) is 4.66. The van der Waals surface area contributed by atoms with E-state index in [4.69, 9.17) is 13.9 Å². The third kappa shape index (κ3) is 4.77. The molecular weight excluding hydrogens is 458 g/mol. The van der Waals surface area contributed by atoms with Gasteiger partial charge in [0.2, 0.25) is 0 Å². The van der Waals surface area contributed by atoms with Gasteiger partial charge in [0.15, 0.2) is 17.3 Å². The molecule has 0 spiro atoms. The van der Waals surface area contributed by atoms with Crippen LogP contribution in [0.4, 0.5) is 5.69 Å². The summed E-state index contributed by atoms with van der Waals surface area (Å²) in [5.74, 6) is 0.568. The zero-order chi connectivity index (χ0) is 21.7. The molecule has 0 saturated carbocycles. The monoisotopic (exact) mass is 475 g/mol. The molecule has 1 aromatic heterocycles. The lowest BCUT2D eigenvalue weighted by Crippen LogP contribution is -2.16. The number of nitro groups is 1. The van der Waals surface area contributed by atoms with Crippen LogP contribution in [0.25, 0.3) is 11.0 Å². The Morgan fingerprint density at radius 1 is 1.20 bits per heavy atom. The maximum absolute atomic E-state index is 12.3. The van der Waals surface area contributed by atoms with Gasteiger partial charge in [0.05, 0.1) is 24.4 Å². The number of hydrogen-bond acceptors (Lipinski definition) is 7. The molecule has 3 aromatic rings. The van der Waals surface area contributed by atoms with Crippen molar-refractivity contribution < 1.29 is 23.6 Å². The van der Waals surface area contributed by atoms with E-state index in [0.29, 0.717) is 45.7 Å². The standard InChI is InChI=1S/C20H18BrN3O6/c1-3-28-17-9-13(15(21)10-18(17)29-4-2)11-22-23-20(25)19-8-12-7-14(24(26)27)5-6-16(12)30-19/h5-11H,3-4H2,1-2H3,(H,23,25)/b22-11+. The minimum absolute atomic E-state index is 0.0107. The molecule has 10 heteroatoms. The second-order valence-corrected chi connectivity index (χ2v) is 6.83. The summed E-state index contributed by atoms with van der Waals surface area (Å²) in [6.45, 7) is 4.72. The summed E-state index contributed by atoms with van der Waals surface area (Å²) >= 11 is 3.44. The summed E-state index contributed by atoms with van der Waals surface area (Å²) in [7, 11) is 0. The molecule has 0 saturated heterocycles. The number of ether oxygens (including phenoxy) is 2. The Hall–Kier alpha value is -3.40. The van der Waals surface area contributed by atoms with Gasteiger partial charge >= 0.3 is 5.91 Å². The van der Waals surface area contributed by atoms with E-state index >= 15 is 0 Å². The van der Waals surface area contributed by atoms with Crippen LogP contribution in [0.3, 0.4) is 0 Å². The molecule has 0 atom stereocenters. The fourth-order valence-corrected chi connectivity index (χ4v) is 3.08. The van der Waals surface area contributed by atoms with E-state index in [1.165, 1.54) is 30.5 Å². The molecule has 3 rings (SSSR count). The fraction of sp³-hybridized carbons (Fsp3) is 0.200. The Morgan fingerprint density at radius 3 is 2.57 bits per heavy atom. The molecule has 2 aromatic carbocycles. The highest BCUT2D eigenvalue weighted by Gasteiger charge is 2.15. The molecule has 0 radical (unpaired) electrons. The lowest BCUT2D eigenvalue weighted by Gasteiger charge is -2.12. The summed E-state index contributed by atoms with van der Waals surface area (Å²) in [6.07, 6.45) is 1.45. The average molecular weight is 476 g/mol. The number of hydrazone groups is 1. The Kier molecular flexibility index (Phi) is 6.68. The number of hydrogen-bond donors (Lipinski definition) is 1. The van der Waals surface area contributed by atoms with E-state index in [-0.39, 0.29) is 11.4 Å². The van der Waals surface area contributed by atoms with Gasteiger partial charge in [-0.15, -0.1) is 0 Å². The Balaban J connectivity index is 1.76. The number of non-ortho nitro benzene ring substituents is 1. The molecule has 0 bridgehead atoms. The highest BCUT2D eigenvalue weighted by molar-refractivity contribution is 9.10. The Bertz CT molecular complexity index is 1130. The third-order valence-electron chi connectivity index (χ3n) is 3.97. The first kappa shape index (κ1) is 21.3. The fourth-order valence-electron chi connectivity index (χ4n) is 2.66. The van der Waals surface area contributed by atoms with Crippen LogP contribution >= 0.6 is 15.9 Å². The molecule has 1 amide bonds. The number of carbonyl (C=O) groups excluding carboxylic acids is 1. The number of furan rings is 1. The van der Waals surface area contributed by atoms with E-state index in [1.54, 1.807) is 12.1 Å². The van der Waals surface area contributed by atoms with Gasteiger partial charge in [0.25, 0.3) is 5.69 Å². The lowest BCUT2D eigenvalue weighted by atomic mass is 10.2. The van der Waals surface area contributed by atoms with E-state index in [2.05, 4.69) is 26.5 Å². The van der Waals surface area contributed by atoms with Crippen molar-refractivity contribution in [3.8, 4) is 11.5 Å². The van der Waals surface area contributed by atoms with E-state index in [1.807, 2.05) is 13.8 Å². The summed E-state index contributed by atoms with van der Waals surface area (Å²) in [5, 5.41) is 15.3. The number of amides is 1. The zero-order valence-corrected chi connectivity index (χ0v) is 17.8. The van der Waals surface area contributed by atoms with Gasteiger partial charge < -0.3 is 13.9 Å². The lowest BCUT2D eigenvalue weighted by molar-refractivity contribution is -0.384. The van der Waals surface area contributed by atoms with Crippen LogP contribution in [0.2, 0.25) is 0 Å². The molecule has 1 N–H and O–H groups in total. The number of benzene rings is 2. The quantitative estimate of drug-likeness (QED) is 0.287. The first-order valence-corrected chi connectivity index (χ1v) is 9.82. The Labute approximate surface area is 179 Å². The smallest absolute Gasteiger partial charge is 0.307 e. The zero-order valence-electron chi connectivity index (χ0n) is 16.2. The topological polar surface area (TPSA) is 116 Å². The van der Waals surface area contributed by atoms with Gasteiger partial charge in [-0.3, -0.25) is 14.9 Å². The summed E-state index contributed by atoms with van der Waals surface area (Å²) in [4.78, 5) is 22.7. The molecular formula is C20H18BrN3O6. The maximum atomic E-state index is 12.3.